The standard InChI is InChI=1S/C21H13F3N2O2S/c22-21(23,24)19-11-15(4-1-14(19)12-25)26-20(28)13-2-7-17(8-3-13)29-18-9-5-16(27)6-10-18/h1-11,27H,(H,26,28). The number of carbonyl (C=O) groups is 1. The number of nitriles is 1. The van der Waals surface area contributed by atoms with Crippen molar-refractivity contribution < 1.29 is 23.1 Å². The van der Waals surface area contributed by atoms with Gasteiger partial charge in [-0.1, -0.05) is 11.8 Å². The van der Waals surface area contributed by atoms with Gasteiger partial charge in [-0.05, 0) is 66.7 Å². The van der Waals surface area contributed by atoms with E-state index in [1.165, 1.54) is 23.9 Å². The predicted octanol–water partition coefficient (Wildman–Crippen LogP) is 5.69. The highest BCUT2D eigenvalue weighted by atomic mass is 32.2. The number of amides is 1. The first-order chi connectivity index (χ1) is 13.8. The highest BCUT2D eigenvalue weighted by Crippen LogP contribution is 2.34. The van der Waals surface area contributed by atoms with Crippen LogP contribution in [0.4, 0.5) is 18.9 Å². The fourth-order valence-corrected chi connectivity index (χ4v) is 3.30. The number of rotatable bonds is 4. The molecule has 0 saturated carbocycles. The van der Waals surface area contributed by atoms with Crippen LogP contribution in [-0.4, -0.2) is 11.0 Å². The van der Waals surface area contributed by atoms with Crippen LogP contribution in [0.1, 0.15) is 21.5 Å². The van der Waals surface area contributed by atoms with Crippen molar-refractivity contribution in [1.82, 2.24) is 0 Å². The summed E-state index contributed by atoms with van der Waals surface area (Å²) >= 11 is 1.43. The zero-order chi connectivity index (χ0) is 21.0. The Morgan fingerprint density at radius 1 is 0.966 bits per heavy atom. The summed E-state index contributed by atoms with van der Waals surface area (Å²) in [7, 11) is 0. The molecule has 0 fully saturated rings. The molecule has 0 unspecified atom stereocenters. The van der Waals surface area contributed by atoms with Crippen molar-refractivity contribution in [2.24, 2.45) is 0 Å². The highest BCUT2D eigenvalue weighted by Gasteiger charge is 2.34. The zero-order valence-corrected chi connectivity index (χ0v) is 15.5. The Kier molecular flexibility index (Phi) is 5.80. The number of phenolic OH excluding ortho intramolecular Hbond substituents is 1. The Morgan fingerprint density at radius 2 is 1.55 bits per heavy atom. The van der Waals surface area contributed by atoms with Gasteiger partial charge in [0.1, 0.15) is 5.75 Å². The molecule has 8 heteroatoms. The van der Waals surface area contributed by atoms with Gasteiger partial charge in [-0.25, -0.2) is 0 Å². The number of aromatic hydroxyl groups is 1. The van der Waals surface area contributed by atoms with E-state index in [0.717, 1.165) is 21.9 Å². The summed E-state index contributed by atoms with van der Waals surface area (Å²) in [5.74, 6) is -0.401. The number of benzene rings is 3. The van der Waals surface area contributed by atoms with E-state index in [4.69, 9.17) is 5.26 Å². The van der Waals surface area contributed by atoms with Crippen LogP contribution in [0.2, 0.25) is 0 Å². The molecule has 4 nitrogen and oxygen atoms in total. The summed E-state index contributed by atoms with van der Waals surface area (Å²) in [6.07, 6.45) is -4.70. The average Bonchev–Trinajstić information content (AvgIpc) is 2.69. The topological polar surface area (TPSA) is 73.1 Å². The maximum absolute atomic E-state index is 13.0. The van der Waals surface area contributed by atoms with E-state index < -0.39 is 23.2 Å². The van der Waals surface area contributed by atoms with Crippen molar-refractivity contribution in [2.75, 3.05) is 5.32 Å². The van der Waals surface area contributed by atoms with Crippen LogP contribution in [0, 0.1) is 11.3 Å². The number of hydrogen-bond donors (Lipinski definition) is 2. The lowest BCUT2D eigenvalue weighted by molar-refractivity contribution is -0.137. The molecule has 0 saturated heterocycles. The first kappa shape index (κ1) is 20.3. The lowest BCUT2D eigenvalue weighted by atomic mass is 10.1. The van der Waals surface area contributed by atoms with Gasteiger partial charge in [0.05, 0.1) is 17.2 Å². The van der Waals surface area contributed by atoms with Crippen LogP contribution in [0.25, 0.3) is 0 Å². The number of alkyl halides is 3. The zero-order valence-electron chi connectivity index (χ0n) is 14.7. The molecule has 3 aromatic carbocycles. The Balaban J connectivity index is 1.73. The lowest BCUT2D eigenvalue weighted by Crippen LogP contribution is -2.14. The Bertz CT molecular complexity index is 1070. The SMILES string of the molecule is N#Cc1ccc(NC(=O)c2ccc(Sc3ccc(O)cc3)cc2)cc1C(F)(F)F. The van der Waals surface area contributed by atoms with Crippen molar-refractivity contribution in [3.8, 4) is 11.8 Å². The summed E-state index contributed by atoms with van der Waals surface area (Å²) in [5, 5.41) is 20.5. The molecule has 3 rings (SSSR count). The van der Waals surface area contributed by atoms with Crippen molar-refractivity contribution >= 4 is 23.4 Å². The first-order valence-electron chi connectivity index (χ1n) is 8.26. The third kappa shape index (κ3) is 5.09. The van der Waals surface area contributed by atoms with Crippen LogP contribution in [-0.2, 0) is 6.18 Å². The van der Waals surface area contributed by atoms with Gasteiger partial charge >= 0.3 is 6.18 Å². The van der Waals surface area contributed by atoms with E-state index in [-0.39, 0.29) is 17.0 Å². The Morgan fingerprint density at radius 3 is 2.10 bits per heavy atom. The maximum Gasteiger partial charge on any atom is 0.417 e. The number of carbonyl (C=O) groups excluding carboxylic acids is 1. The average molecular weight is 414 g/mol. The molecule has 0 aromatic heterocycles. The summed E-state index contributed by atoms with van der Waals surface area (Å²) in [4.78, 5) is 14.1. The van der Waals surface area contributed by atoms with Gasteiger partial charge in [-0.2, -0.15) is 18.4 Å². The number of nitrogens with one attached hydrogen (secondary N) is 1. The largest absolute Gasteiger partial charge is 0.508 e. The summed E-state index contributed by atoms with van der Waals surface area (Å²) in [5.41, 5.74) is -1.38. The molecule has 0 atom stereocenters. The van der Waals surface area contributed by atoms with Gasteiger partial charge in [0.2, 0.25) is 0 Å². The minimum absolute atomic E-state index is 0.0520. The Hall–Kier alpha value is -3.44. The van der Waals surface area contributed by atoms with Gasteiger partial charge < -0.3 is 10.4 Å². The van der Waals surface area contributed by atoms with Crippen molar-refractivity contribution in [3.63, 3.8) is 0 Å². The van der Waals surface area contributed by atoms with Crippen molar-refractivity contribution in [2.45, 2.75) is 16.0 Å². The molecule has 29 heavy (non-hydrogen) atoms. The number of anilines is 1. The fourth-order valence-electron chi connectivity index (χ4n) is 2.48. The van der Waals surface area contributed by atoms with Crippen molar-refractivity contribution in [3.05, 3.63) is 83.4 Å². The lowest BCUT2D eigenvalue weighted by Gasteiger charge is -2.12. The van der Waals surface area contributed by atoms with Gasteiger partial charge in [-0.15, -0.1) is 0 Å². The predicted molar refractivity (Wildman–Crippen MR) is 103 cm³/mol. The molecule has 1 amide bonds. The monoisotopic (exact) mass is 414 g/mol. The van der Waals surface area contributed by atoms with Gasteiger partial charge in [-0.3, -0.25) is 4.79 Å². The maximum atomic E-state index is 13.0. The van der Waals surface area contributed by atoms with Crippen LogP contribution in [0.15, 0.2) is 76.5 Å². The van der Waals surface area contributed by atoms with Crippen LogP contribution in [0.5, 0.6) is 5.75 Å². The summed E-state index contributed by atoms with van der Waals surface area (Å²) in [6, 6.07) is 17.7. The second kappa shape index (κ2) is 8.29. The third-order valence-corrected chi connectivity index (χ3v) is 4.91. The van der Waals surface area contributed by atoms with Crippen molar-refractivity contribution in [1.29, 1.82) is 5.26 Å². The normalized spacial score (nSPS) is 11.0. The molecule has 0 aliphatic rings. The third-order valence-electron chi connectivity index (χ3n) is 3.89. The fraction of sp³-hybridized carbons (Fsp3) is 0.0476. The summed E-state index contributed by atoms with van der Waals surface area (Å²) < 4.78 is 39.1. The van der Waals surface area contributed by atoms with Gasteiger partial charge in [0, 0.05) is 21.0 Å². The minimum atomic E-state index is -4.70. The smallest absolute Gasteiger partial charge is 0.417 e. The molecule has 146 valence electrons. The van der Waals surface area contributed by atoms with Gasteiger partial charge in [0.15, 0.2) is 0 Å². The van der Waals surface area contributed by atoms with Crippen LogP contribution in [0.3, 0.4) is 0 Å². The molecule has 0 aliphatic carbocycles. The molecule has 3 aromatic rings. The van der Waals surface area contributed by atoms with Crippen LogP contribution >= 0.6 is 11.8 Å². The summed E-state index contributed by atoms with van der Waals surface area (Å²) in [6.45, 7) is 0. The molecule has 0 heterocycles. The van der Waals surface area contributed by atoms with E-state index >= 15 is 0 Å². The van der Waals surface area contributed by atoms with E-state index in [1.807, 2.05) is 0 Å². The molecule has 0 aliphatic heterocycles. The quantitative estimate of drug-likeness (QED) is 0.576. The minimum Gasteiger partial charge on any atom is -0.508 e. The molecular weight excluding hydrogens is 401 g/mol. The van der Waals surface area contributed by atoms with E-state index in [2.05, 4.69) is 5.32 Å². The second-order valence-electron chi connectivity index (χ2n) is 5.94. The van der Waals surface area contributed by atoms with Crippen LogP contribution < -0.4 is 5.32 Å². The second-order valence-corrected chi connectivity index (χ2v) is 7.09. The molecule has 0 bridgehead atoms. The molecule has 0 spiro atoms. The first-order valence-corrected chi connectivity index (χ1v) is 9.07. The van der Waals surface area contributed by atoms with E-state index in [0.29, 0.717) is 0 Å². The molecule has 2 N–H and O–H groups in total. The van der Waals surface area contributed by atoms with Gasteiger partial charge in [0.25, 0.3) is 5.91 Å². The molecular formula is C21H13F3N2O2S. The van der Waals surface area contributed by atoms with E-state index in [1.54, 1.807) is 48.5 Å². The number of nitrogens with zero attached hydrogens (tertiary/aromatic N) is 1. The number of phenols is 1. The highest BCUT2D eigenvalue weighted by molar-refractivity contribution is 7.99. The number of hydrogen-bond acceptors (Lipinski definition) is 4. The Labute approximate surface area is 168 Å². The van der Waals surface area contributed by atoms with E-state index in [9.17, 15) is 23.1 Å². The number of halogens is 3. The molecule has 0 radical (unpaired) electrons.